The molecule has 0 saturated carbocycles. The molecule has 0 spiro atoms. The number of thiocarbonyl (C=S) groups is 1. The van der Waals surface area contributed by atoms with E-state index in [4.69, 9.17) is 35.4 Å². The van der Waals surface area contributed by atoms with E-state index in [0.717, 1.165) is 17.3 Å². The van der Waals surface area contributed by atoms with Crippen molar-refractivity contribution >= 4 is 46.2 Å². The molecule has 98 valence electrons. The molecule has 0 radical (unpaired) electrons. The summed E-state index contributed by atoms with van der Waals surface area (Å²) in [6, 6.07) is 5.95. The van der Waals surface area contributed by atoms with Crippen LogP contribution in [-0.2, 0) is 0 Å². The molecule has 0 bridgehead atoms. The second-order valence-electron chi connectivity index (χ2n) is 4.60. The highest BCUT2D eigenvalue weighted by Gasteiger charge is 2.20. The smallest absolute Gasteiger partial charge is 0.173 e. The van der Waals surface area contributed by atoms with E-state index in [1.807, 2.05) is 6.07 Å². The Morgan fingerprint density at radius 1 is 1.33 bits per heavy atom. The van der Waals surface area contributed by atoms with Crippen molar-refractivity contribution < 1.29 is 0 Å². The number of piperidine rings is 1. The molecule has 2 rings (SSSR count). The average molecular weight is 303 g/mol. The van der Waals surface area contributed by atoms with Gasteiger partial charge in [0.2, 0.25) is 0 Å². The third-order valence-electron chi connectivity index (χ3n) is 3.23. The highest BCUT2D eigenvalue weighted by atomic mass is 35.5. The minimum atomic E-state index is 0.501. The maximum atomic E-state index is 5.98. The van der Waals surface area contributed by atoms with E-state index in [1.54, 1.807) is 12.1 Å². The van der Waals surface area contributed by atoms with Crippen LogP contribution < -0.4 is 5.32 Å². The Morgan fingerprint density at radius 2 is 2.11 bits per heavy atom. The minimum Gasteiger partial charge on any atom is -0.346 e. The quantitative estimate of drug-likeness (QED) is 0.765. The van der Waals surface area contributed by atoms with Crippen LogP contribution in [0.5, 0.6) is 0 Å². The number of nitrogens with zero attached hydrogens (tertiary/aromatic N) is 1. The van der Waals surface area contributed by atoms with Crippen LogP contribution in [-0.4, -0.2) is 22.6 Å². The lowest BCUT2D eigenvalue weighted by Gasteiger charge is -2.35. The lowest BCUT2D eigenvalue weighted by Crippen LogP contribution is -2.44. The first-order valence-electron chi connectivity index (χ1n) is 6.10. The van der Waals surface area contributed by atoms with Crippen LogP contribution >= 0.6 is 35.4 Å². The Bertz CT molecular complexity index is 451. The Balaban J connectivity index is 2.04. The molecule has 0 aliphatic carbocycles. The van der Waals surface area contributed by atoms with Gasteiger partial charge >= 0.3 is 0 Å². The number of rotatable bonds is 1. The van der Waals surface area contributed by atoms with Crippen LogP contribution in [0.2, 0.25) is 10.0 Å². The normalized spacial score (nSPS) is 19.7. The van der Waals surface area contributed by atoms with Crippen molar-refractivity contribution in [3.63, 3.8) is 0 Å². The Kier molecular flexibility index (Phi) is 4.71. The van der Waals surface area contributed by atoms with Gasteiger partial charge in [0.05, 0.1) is 10.0 Å². The molecule has 1 unspecified atom stereocenters. The average Bonchev–Trinajstić information content (AvgIpc) is 2.34. The summed E-state index contributed by atoms with van der Waals surface area (Å²) in [5.74, 6) is 0. The molecule has 18 heavy (non-hydrogen) atoms. The lowest BCUT2D eigenvalue weighted by molar-refractivity contribution is 0.262. The molecule has 1 aromatic carbocycles. The molecule has 2 nitrogen and oxygen atoms in total. The molecule has 1 fully saturated rings. The summed E-state index contributed by atoms with van der Waals surface area (Å²) in [4.78, 5) is 2.24. The van der Waals surface area contributed by atoms with Gasteiger partial charge in [-0.15, -0.1) is 0 Å². The molecule has 0 amide bonds. The van der Waals surface area contributed by atoms with Crippen molar-refractivity contribution in [2.45, 2.75) is 32.2 Å². The first-order chi connectivity index (χ1) is 8.58. The van der Waals surface area contributed by atoms with Gasteiger partial charge in [0.25, 0.3) is 0 Å². The summed E-state index contributed by atoms with van der Waals surface area (Å²) in [5, 5.41) is 5.08. The summed E-state index contributed by atoms with van der Waals surface area (Å²) >= 11 is 17.3. The fraction of sp³-hybridized carbons (Fsp3) is 0.462. The number of hydrogen-bond donors (Lipinski definition) is 1. The maximum absolute atomic E-state index is 5.98. The molecular formula is C13H16Cl2N2S. The van der Waals surface area contributed by atoms with E-state index in [9.17, 15) is 0 Å². The minimum absolute atomic E-state index is 0.501. The van der Waals surface area contributed by atoms with Crippen LogP contribution in [0, 0.1) is 0 Å². The number of nitrogens with one attached hydrogen (secondary N) is 1. The number of benzene rings is 1. The van der Waals surface area contributed by atoms with Gasteiger partial charge in [-0.1, -0.05) is 23.2 Å². The van der Waals surface area contributed by atoms with Crippen LogP contribution in [0.1, 0.15) is 26.2 Å². The van der Waals surface area contributed by atoms with Gasteiger partial charge in [-0.25, -0.2) is 0 Å². The monoisotopic (exact) mass is 302 g/mol. The lowest BCUT2D eigenvalue weighted by atomic mass is 10.0. The molecular weight excluding hydrogens is 287 g/mol. The predicted molar refractivity (Wildman–Crippen MR) is 82.7 cm³/mol. The van der Waals surface area contributed by atoms with E-state index in [-0.39, 0.29) is 0 Å². The topological polar surface area (TPSA) is 15.3 Å². The zero-order chi connectivity index (χ0) is 13.1. The number of anilines is 1. The second kappa shape index (κ2) is 6.09. The second-order valence-corrected chi connectivity index (χ2v) is 5.80. The Labute approximate surface area is 123 Å². The molecule has 1 N–H and O–H groups in total. The van der Waals surface area contributed by atoms with Crippen molar-refractivity contribution in [1.82, 2.24) is 4.90 Å². The van der Waals surface area contributed by atoms with Crippen LogP contribution in [0.25, 0.3) is 0 Å². The van der Waals surface area contributed by atoms with E-state index in [2.05, 4.69) is 17.1 Å². The SMILES string of the molecule is CC1CCCCN1C(=S)Nc1ccc(Cl)c(Cl)c1. The number of hydrogen-bond acceptors (Lipinski definition) is 1. The Hall–Kier alpha value is -0.510. The van der Waals surface area contributed by atoms with E-state index >= 15 is 0 Å². The number of halogens is 2. The highest BCUT2D eigenvalue weighted by molar-refractivity contribution is 7.80. The van der Waals surface area contributed by atoms with E-state index in [0.29, 0.717) is 16.1 Å². The maximum Gasteiger partial charge on any atom is 0.173 e. The first-order valence-corrected chi connectivity index (χ1v) is 7.27. The summed E-state index contributed by atoms with van der Waals surface area (Å²) < 4.78 is 0. The molecule has 1 heterocycles. The summed E-state index contributed by atoms with van der Waals surface area (Å²) in [6.45, 7) is 3.23. The zero-order valence-electron chi connectivity index (χ0n) is 10.2. The van der Waals surface area contributed by atoms with Crippen molar-refractivity contribution in [2.75, 3.05) is 11.9 Å². The fourth-order valence-electron chi connectivity index (χ4n) is 2.17. The summed E-state index contributed by atoms with van der Waals surface area (Å²) in [5.41, 5.74) is 0.882. The van der Waals surface area contributed by atoms with Gasteiger partial charge < -0.3 is 10.2 Å². The van der Waals surface area contributed by atoms with Crippen molar-refractivity contribution in [1.29, 1.82) is 0 Å². The van der Waals surface area contributed by atoms with Gasteiger partial charge in [0.15, 0.2) is 5.11 Å². The molecule has 1 saturated heterocycles. The van der Waals surface area contributed by atoms with Gasteiger partial charge in [0.1, 0.15) is 0 Å². The molecule has 1 atom stereocenters. The van der Waals surface area contributed by atoms with Gasteiger partial charge in [-0.2, -0.15) is 0 Å². The molecule has 1 aliphatic heterocycles. The standard InChI is InChI=1S/C13H16Cl2N2S/c1-9-4-2-3-7-17(9)13(18)16-10-5-6-11(14)12(15)8-10/h5-6,8-9H,2-4,7H2,1H3,(H,16,18). The Morgan fingerprint density at radius 3 is 2.78 bits per heavy atom. The molecule has 5 heteroatoms. The van der Waals surface area contributed by atoms with Gasteiger partial charge in [-0.05, 0) is 56.6 Å². The van der Waals surface area contributed by atoms with Gasteiger partial charge in [-0.3, -0.25) is 0 Å². The first kappa shape index (κ1) is 13.9. The van der Waals surface area contributed by atoms with E-state index < -0.39 is 0 Å². The van der Waals surface area contributed by atoms with Crippen LogP contribution in [0.4, 0.5) is 5.69 Å². The largest absolute Gasteiger partial charge is 0.346 e. The molecule has 1 aromatic rings. The highest BCUT2D eigenvalue weighted by Crippen LogP contribution is 2.25. The van der Waals surface area contributed by atoms with Crippen molar-refractivity contribution in [3.05, 3.63) is 28.2 Å². The van der Waals surface area contributed by atoms with Crippen LogP contribution in [0.3, 0.4) is 0 Å². The van der Waals surface area contributed by atoms with Gasteiger partial charge in [0, 0.05) is 18.3 Å². The third-order valence-corrected chi connectivity index (χ3v) is 4.31. The number of likely N-dealkylation sites (tertiary alicyclic amines) is 1. The summed E-state index contributed by atoms with van der Waals surface area (Å²) in [6.07, 6.45) is 3.68. The van der Waals surface area contributed by atoms with Crippen molar-refractivity contribution in [2.24, 2.45) is 0 Å². The van der Waals surface area contributed by atoms with Crippen LogP contribution in [0.15, 0.2) is 18.2 Å². The van der Waals surface area contributed by atoms with E-state index in [1.165, 1.54) is 19.3 Å². The summed E-state index contributed by atoms with van der Waals surface area (Å²) in [7, 11) is 0. The third kappa shape index (κ3) is 3.28. The van der Waals surface area contributed by atoms with Crippen molar-refractivity contribution in [3.8, 4) is 0 Å². The molecule has 1 aliphatic rings. The zero-order valence-corrected chi connectivity index (χ0v) is 12.6. The molecule has 0 aromatic heterocycles. The predicted octanol–water partition coefficient (Wildman–Crippen LogP) is 4.56. The fourth-order valence-corrected chi connectivity index (χ4v) is 2.86.